The highest BCUT2D eigenvalue weighted by atomic mass is 19.3. The highest BCUT2D eigenvalue weighted by Gasteiger charge is 2.22. The predicted molar refractivity (Wildman–Crippen MR) is 79.5 cm³/mol. The number of benzene rings is 1. The minimum atomic E-state index is -3.04. The van der Waals surface area contributed by atoms with E-state index in [-0.39, 0.29) is 30.3 Å². The van der Waals surface area contributed by atoms with Gasteiger partial charge in [-0.2, -0.15) is 8.78 Å². The van der Waals surface area contributed by atoms with Gasteiger partial charge in [0.25, 0.3) is 5.91 Å². The van der Waals surface area contributed by atoms with Crippen LogP contribution in [0.3, 0.4) is 0 Å². The molecular weight excluding hydrogens is 328 g/mol. The summed E-state index contributed by atoms with van der Waals surface area (Å²) < 4.78 is 38.7. The second kappa shape index (κ2) is 9.46. The molecule has 0 aliphatic heterocycles. The molecule has 2 N–H and O–H groups in total. The summed E-state index contributed by atoms with van der Waals surface area (Å²) in [6, 6.07) is 2.22. The van der Waals surface area contributed by atoms with Gasteiger partial charge in [0.1, 0.15) is 0 Å². The number of methoxy groups -OCH3 is 1. The van der Waals surface area contributed by atoms with Gasteiger partial charge < -0.3 is 24.6 Å². The number of halogens is 2. The largest absolute Gasteiger partial charge is 0.493 e. The number of carbonyl (C=O) groups is 2. The average Bonchev–Trinajstić information content (AvgIpc) is 2.53. The second-order valence-corrected chi connectivity index (χ2v) is 4.43. The minimum absolute atomic E-state index is 0.0171. The van der Waals surface area contributed by atoms with Crippen LogP contribution in [0.4, 0.5) is 8.78 Å². The highest BCUT2D eigenvalue weighted by molar-refractivity contribution is 5.97. The number of nitrogens with one attached hydrogen (secondary N) is 1. The van der Waals surface area contributed by atoms with Gasteiger partial charge in [-0.1, -0.05) is 6.08 Å². The molecule has 1 aromatic carbocycles. The molecule has 9 heteroatoms. The molecule has 0 aliphatic carbocycles. The molecule has 0 fully saturated rings. The number of ether oxygens (including phenoxy) is 3. The molecule has 0 radical (unpaired) electrons. The first-order valence-electron chi connectivity index (χ1n) is 6.74. The SMILES string of the molecule is C=CCOCC(NC(=O)c1ccc(OC(F)F)c(OC)c1)C(=O)O. The Morgan fingerprint density at radius 3 is 2.62 bits per heavy atom. The molecule has 1 rings (SSSR count). The normalized spacial score (nSPS) is 11.7. The number of hydrogen-bond acceptors (Lipinski definition) is 5. The van der Waals surface area contributed by atoms with Crippen LogP contribution in [0.1, 0.15) is 10.4 Å². The van der Waals surface area contributed by atoms with Crippen molar-refractivity contribution >= 4 is 11.9 Å². The molecule has 1 aromatic rings. The van der Waals surface area contributed by atoms with Crippen LogP contribution in [-0.4, -0.2) is 50.0 Å². The molecule has 0 saturated heterocycles. The fourth-order valence-corrected chi connectivity index (χ4v) is 1.69. The number of hydrogen-bond donors (Lipinski definition) is 2. The van der Waals surface area contributed by atoms with Crippen molar-refractivity contribution in [2.75, 3.05) is 20.3 Å². The summed E-state index contributed by atoms with van der Waals surface area (Å²) >= 11 is 0. The standard InChI is InChI=1S/C15H17F2NO6/c1-3-6-23-8-10(14(20)21)18-13(19)9-4-5-11(24-15(16)17)12(7-9)22-2/h3-5,7,10,15H,1,6,8H2,2H3,(H,18,19)(H,20,21). The van der Waals surface area contributed by atoms with Crippen molar-refractivity contribution in [3.63, 3.8) is 0 Å². The zero-order valence-corrected chi connectivity index (χ0v) is 12.8. The summed E-state index contributed by atoms with van der Waals surface area (Å²) in [7, 11) is 1.22. The number of carboxylic acid groups (broad SMARTS) is 1. The Hall–Kier alpha value is -2.68. The molecule has 1 amide bonds. The maximum absolute atomic E-state index is 12.3. The maximum atomic E-state index is 12.3. The Kier molecular flexibility index (Phi) is 7.63. The number of carbonyl (C=O) groups excluding carboxylic acids is 1. The zero-order chi connectivity index (χ0) is 18.1. The Morgan fingerprint density at radius 1 is 1.38 bits per heavy atom. The van der Waals surface area contributed by atoms with E-state index >= 15 is 0 Å². The number of amides is 1. The van der Waals surface area contributed by atoms with Crippen LogP contribution in [0.2, 0.25) is 0 Å². The summed E-state index contributed by atoms with van der Waals surface area (Å²) in [6.07, 6.45) is 1.44. The van der Waals surface area contributed by atoms with E-state index in [0.717, 1.165) is 12.1 Å². The van der Waals surface area contributed by atoms with Gasteiger partial charge >= 0.3 is 12.6 Å². The summed E-state index contributed by atoms with van der Waals surface area (Å²) in [6.45, 7) is 0.254. The molecule has 0 saturated carbocycles. The summed E-state index contributed by atoms with van der Waals surface area (Å²) in [5, 5.41) is 11.3. The molecular formula is C15H17F2NO6. The monoisotopic (exact) mass is 345 g/mol. The van der Waals surface area contributed by atoms with Gasteiger partial charge in [-0.3, -0.25) is 4.79 Å². The fraction of sp³-hybridized carbons (Fsp3) is 0.333. The van der Waals surface area contributed by atoms with Crippen LogP contribution in [0.25, 0.3) is 0 Å². The molecule has 1 atom stereocenters. The van der Waals surface area contributed by atoms with Crippen molar-refractivity contribution in [1.82, 2.24) is 5.32 Å². The first-order chi connectivity index (χ1) is 11.4. The van der Waals surface area contributed by atoms with E-state index < -0.39 is 24.5 Å². The van der Waals surface area contributed by atoms with Crippen LogP contribution < -0.4 is 14.8 Å². The lowest BCUT2D eigenvalue weighted by atomic mass is 10.1. The van der Waals surface area contributed by atoms with Gasteiger partial charge in [-0.05, 0) is 18.2 Å². The Balaban J connectivity index is 2.85. The summed E-state index contributed by atoms with van der Waals surface area (Å²) in [4.78, 5) is 23.2. The molecule has 0 bridgehead atoms. The van der Waals surface area contributed by atoms with E-state index in [1.165, 1.54) is 19.3 Å². The van der Waals surface area contributed by atoms with E-state index in [9.17, 15) is 18.4 Å². The van der Waals surface area contributed by atoms with Crippen molar-refractivity contribution < 1.29 is 37.7 Å². The number of rotatable bonds is 10. The van der Waals surface area contributed by atoms with Crippen LogP contribution in [0.15, 0.2) is 30.9 Å². The zero-order valence-electron chi connectivity index (χ0n) is 12.8. The van der Waals surface area contributed by atoms with Crippen molar-refractivity contribution in [2.24, 2.45) is 0 Å². The molecule has 24 heavy (non-hydrogen) atoms. The second-order valence-electron chi connectivity index (χ2n) is 4.43. The van der Waals surface area contributed by atoms with Gasteiger partial charge in [-0.15, -0.1) is 6.58 Å². The smallest absolute Gasteiger partial charge is 0.387 e. The predicted octanol–water partition coefficient (Wildman–Crippen LogP) is 1.68. The van der Waals surface area contributed by atoms with Gasteiger partial charge in [0, 0.05) is 5.56 Å². The molecule has 0 aromatic heterocycles. The Bertz CT molecular complexity index is 593. The first kappa shape index (κ1) is 19.4. The summed E-state index contributed by atoms with van der Waals surface area (Å²) in [5.41, 5.74) is 0.0171. The van der Waals surface area contributed by atoms with Gasteiger partial charge in [0.15, 0.2) is 17.5 Å². The number of aliphatic carboxylic acids is 1. The average molecular weight is 345 g/mol. The number of alkyl halides is 2. The summed E-state index contributed by atoms with van der Waals surface area (Å²) in [5.74, 6) is -2.34. The van der Waals surface area contributed by atoms with Gasteiger partial charge in [0.05, 0.1) is 20.3 Å². The van der Waals surface area contributed by atoms with Gasteiger partial charge in [0.2, 0.25) is 0 Å². The van der Waals surface area contributed by atoms with Crippen molar-refractivity contribution in [3.8, 4) is 11.5 Å². The first-order valence-corrected chi connectivity index (χ1v) is 6.74. The molecule has 0 heterocycles. The van der Waals surface area contributed by atoms with E-state index in [1.54, 1.807) is 0 Å². The lowest BCUT2D eigenvalue weighted by Gasteiger charge is -2.15. The van der Waals surface area contributed by atoms with Crippen LogP contribution in [0, 0.1) is 0 Å². The van der Waals surface area contributed by atoms with Crippen molar-refractivity contribution in [1.29, 1.82) is 0 Å². The molecule has 7 nitrogen and oxygen atoms in total. The van der Waals surface area contributed by atoms with E-state index in [0.29, 0.717) is 0 Å². The quantitative estimate of drug-likeness (QED) is 0.495. The lowest BCUT2D eigenvalue weighted by molar-refractivity contribution is -0.140. The van der Waals surface area contributed by atoms with Crippen molar-refractivity contribution in [3.05, 3.63) is 36.4 Å². The van der Waals surface area contributed by atoms with Crippen LogP contribution >= 0.6 is 0 Å². The lowest BCUT2D eigenvalue weighted by Crippen LogP contribution is -2.44. The van der Waals surface area contributed by atoms with Crippen LogP contribution in [0.5, 0.6) is 11.5 Å². The fourth-order valence-electron chi connectivity index (χ4n) is 1.69. The third-order valence-electron chi connectivity index (χ3n) is 2.77. The van der Waals surface area contributed by atoms with Crippen molar-refractivity contribution in [2.45, 2.75) is 12.7 Å². The topological polar surface area (TPSA) is 94.1 Å². The third-order valence-corrected chi connectivity index (χ3v) is 2.77. The Morgan fingerprint density at radius 2 is 2.08 bits per heavy atom. The van der Waals surface area contributed by atoms with E-state index in [4.69, 9.17) is 14.6 Å². The van der Waals surface area contributed by atoms with Crippen LogP contribution in [-0.2, 0) is 9.53 Å². The maximum Gasteiger partial charge on any atom is 0.387 e. The van der Waals surface area contributed by atoms with Gasteiger partial charge in [-0.25, -0.2) is 4.79 Å². The molecule has 0 aliphatic rings. The molecule has 132 valence electrons. The van der Waals surface area contributed by atoms with E-state index in [1.807, 2.05) is 0 Å². The highest BCUT2D eigenvalue weighted by Crippen LogP contribution is 2.29. The van der Waals surface area contributed by atoms with E-state index in [2.05, 4.69) is 16.6 Å². The molecule has 0 spiro atoms. The minimum Gasteiger partial charge on any atom is -0.493 e. The Labute approximate surface area is 136 Å². The number of carboxylic acids is 1. The third kappa shape index (κ3) is 5.84. The molecule has 1 unspecified atom stereocenters.